The normalized spacial score (nSPS) is 9.50. The highest BCUT2D eigenvalue weighted by molar-refractivity contribution is 5.66. The molecule has 16 heavy (non-hydrogen) atoms. The van der Waals surface area contributed by atoms with E-state index >= 15 is 0 Å². The molecular weight excluding hydrogens is 204 g/mol. The maximum Gasteiger partial charge on any atom is 0.303 e. The third-order valence-corrected chi connectivity index (χ3v) is 2.30. The topological polar surface area (TPSA) is 64.3 Å². The Morgan fingerprint density at radius 2 is 2.31 bits per heavy atom. The summed E-state index contributed by atoms with van der Waals surface area (Å²) in [4.78, 5) is 12.3. The van der Waals surface area contributed by atoms with Gasteiger partial charge in [0.15, 0.2) is 0 Å². The number of aliphatic carboxylic acids is 1. The lowest BCUT2D eigenvalue weighted by atomic mass is 10.2. The number of hydrogen-bond donors (Lipinski definition) is 1. The molecule has 0 bridgehead atoms. The van der Waals surface area contributed by atoms with Crippen molar-refractivity contribution in [3.8, 4) is 6.07 Å². The number of benzene rings is 1. The van der Waals surface area contributed by atoms with Gasteiger partial charge in [-0.2, -0.15) is 5.26 Å². The van der Waals surface area contributed by atoms with Gasteiger partial charge in [0.05, 0.1) is 11.6 Å². The van der Waals surface area contributed by atoms with E-state index in [4.69, 9.17) is 10.4 Å². The number of nitrogens with zero attached hydrogens (tertiary/aromatic N) is 2. The molecule has 0 saturated heterocycles. The second kappa shape index (κ2) is 5.76. The van der Waals surface area contributed by atoms with Crippen LogP contribution in [0.15, 0.2) is 24.3 Å². The van der Waals surface area contributed by atoms with Gasteiger partial charge in [-0.3, -0.25) is 4.79 Å². The lowest BCUT2D eigenvalue weighted by molar-refractivity contribution is -0.137. The molecule has 0 atom stereocenters. The van der Waals surface area contributed by atoms with Gasteiger partial charge >= 0.3 is 5.97 Å². The van der Waals surface area contributed by atoms with Crippen LogP contribution in [0.3, 0.4) is 0 Å². The molecule has 0 saturated carbocycles. The molecule has 1 rings (SSSR count). The van der Waals surface area contributed by atoms with Crippen molar-refractivity contribution in [2.24, 2.45) is 0 Å². The van der Waals surface area contributed by atoms with Crippen LogP contribution in [0.4, 0.5) is 5.69 Å². The number of rotatable bonds is 5. The Kier molecular flexibility index (Phi) is 4.34. The highest BCUT2D eigenvalue weighted by Crippen LogP contribution is 2.14. The third kappa shape index (κ3) is 3.62. The van der Waals surface area contributed by atoms with Gasteiger partial charge < -0.3 is 10.0 Å². The van der Waals surface area contributed by atoms with Crippen molar-refractivity contribution < 1.29 is 9.90 Å². The summed E-state index contributed by atoms with van der Waals surface area (Å²) in [5.74, 6) is -0.779. The van der Waals surface area contributed by atoms with Gasteiger partial charge in [0, 0.05) is 25.7 Å². The average molecular weight is 218 g/mol. The Hall–Kier alpha value is -2.02. The maximum atomic E-state index is 10.4. The van der Waals surface area contributed by atoms with Gasteiger partial charge in [-0.1, -0.05) is 6.07 Å². The van der Waals surface area contributed by atoms with Gasteiger partial charge in [0.25, 0.3) is 0 Å². The quantitative estimate of drug-likeness (QED) is 0.819. The highest BCUT2D eigenvalue weighted by atomic mass is 16.4. The van der Waals surface area contributed by atoms with E-state index in [2.05, 4.69) is 6.07 Å². The Morgan fingerprint density at radius 3 is 2.94 bits per heavy atom. The summed E-state index contributed by atoms with van der Waals surface area (Å²) >= 11 is 0. The fraction of sp³-hybridized carbons (Fsp3) is 0.333. The summed E-state index contributed by atoms with van der Waals surface area (Å²) in [5, 5.41) is 17.3. The van der Waals surface area contributed by atoms with Crippen molar-refractivity contribution >= 4 is 11.7 Å². The largest absolute Gasteiger partial charge is 0.481 e. The van der Waals surface area contributed by atoms with E-state index in [9.17, 15) is 4.79 Å². The Bertz CT molecular complexity index is 410. The van der Waals surface area contributed by atoms with Crippen LogP contribution in [0.5, 0.6) is 0 Å². The van der Waals surface area contributed by atoms with Gasteiger partial charge in [-0.05, 0) is 24.6 Å². The van der Waals surface area contributed by atoms with E-state index in [0.717, 1.165) is 5.69 Å². The van der Waals surface area contributed by atoms with E-state index in [1.807, 2.05) is 24.1 Å². The minimum atomic E-state index is -0.779. The lowest BCUT2D eigenvalue weighted by Crippen LogP contribution is -2.19. The molecule has 0 aliphatic rings. The van der Waals surface area contributed by atoms with Crippen LogP contribution in [-0.2, 0) is 4.79 Å². The molecule has 0 aliphatic carbocycles. The summed E-state index contributed by atoms with van der Waals surface area (Å²) in [6.07, 6.45) is 0.769. The number of carboxylic acids is 1. The van der Waals surface area contributed by atoms with Crippen molar-refractivity contribution in [1.82, 2.24) is 0 Å². The fourth-order valence-corrected chi connectivity index (χ4v) is 1.41. The van der Waals surface area contributed by atoms with E-state index < -0.39 is 5.97 Å². The first-order chi connectivity index (χ1) is 7.63. The number of hydrogen-bond acceptors (Lipinski definition) is 3. The molecule has 0 radical (unpaired) electrons. The minimum absolute atomic E-state index is 0.169. The van der Waals surface area contributed by atoms with E-state index in [0.29, 0.717) is 18.5 Å². The van der Waals surface area contributed by atoms with Crippen LogP contribution < -0.4 is 4.90 Å². The van der Waals surface area contributed by atoms with Crippen LogP contribution in [-0.4, -0.2) is 24.7 Å². The predicted molar refractivity (Wildman–Crippen MR) is 61.3 cm³/mol. The summed E-state index contributed by atoms with van der Waals surface area (Å²) in [6, 6.07) is 9.34. The van der Waals surface area contributed by atoms with Crippen molar-refractivity contribution in [2.45, 2.75) is 12.8 Å². The van der Waals surface area contributed by atoms with E-state index in [1.165, 1.54) is 0 Å². The van der Waals surface area contributed by atoms with Gasteiger partial charge in [-0.25, -0.2) is 0 Å². The molecule has 84 valence electrons. The Balaban J connectivity index is 2.55. The number of nitriles is 1. The molecule has 0 aliphatic heterocycles. The van der Waals surface area contributed by atoms with Crippen LogP contribution in [0.25, 0.3) is 0 Å². The van der Waals surface area contributed by atoms with E-state index in [-0.39, 0.29) is 6.42 Å². The molecule has 1 aromatic carbocycles. The standard InChI is InChI=1S/C12H14N2O2/c1-14(7-3-6-12(15)16)11-5-2-4-10(8-11)9-13/h2,4-5,8H,3,6-7H2,1H3,(H,15,16). The number of carboxylic acid groups (broad SMARTS) is 1. The first-order valence-electron chi connectivity index (χ1n) is 5.06. The van der Waals surface area contributed by atoms with Gasteiger partial charge in [-0.15, -0.1) is 0 Å². The second-order valence-corrected chi connectivity index (χ2v) is 3.58. The lowest BCUT2D eigenvalue weighted by Gasteiger charge is -2.18. The molecule has 0 heterocycles. The molecule has 1 N–H and O–H groups in total. The molecule has 0 spiro atoms. The van der Waals surface area contributed by atoms with Crippen LogP contribution >= 0.6 is 0 Å². The maximum absolute atomic E-state index is 10.4. The molecule has 0 amide bonds. The SMILES string of the molecule is CN(CCCC(=O)O)c1cccc(C#N)c1. The first kappa shape index (κ1) is 12.1. The van der Waals surface area contributed by atoms with E-state index in [1.54, 1.807) is 12.1 Å². The van der Waals surface area contributed by atoms with Crippen LogP contribution in [0.2, 0.25) is 0 Å². The summed E-state index contributed by atoms with van der Waals surface area (Å²) < 4.78 is 0. The predicted octanol–water partition coefficient (Wildman–Crippen LogP) is 1.86. The zero-order valence-corrected chi connectivity index (χ0v) is 9.18. The molecule has 0 aromatic heterocycles. The van der Waals surface area contributed by atoms with Crippen molar-refractivity contribution in [3.63, 3.8) is 0 Å². The smallest absolute Gasteiger partial charge is 0.303 e. The summed E-state index contributed by atoms with van der Waals surface area (Å²) in [7, 11) is 1.89. The Morgan fingerprint density at radius 1 is 1.56 bits per heavy atom. The molecule has 4 nitrogen and oxygen atoms in total. The molecule has 4 heteroatoms. The van der Waals surface area contributed by atoms with Crippen molar-refractivity contribution in [1.29, 1.82) is 5.26 Å². The summed E-state index contributed by atoms with van der Waals surface area (Å²) in [6.45, 7) is 0.668. The zero-order chi connectivity index (χ0) is 12.0. The molecule has 0 fully saturated rings. The number of carbonyl (C=O) groups is 1. The van der Waals surface area contributed by atoms with Gasteiger partial charge in [0.1, 0.15) is 0 Å². The first-order valence-corrected chi connectivity index (χ1v) is 5.06. The molecule has 0 unspecified atom stereocenters. The second-order valence-electron chi connectivity index (χ2n) is 3.58. The Labute approximate surface area is 94.7 Å². The summed E-state index contributed by atoms with van der Waals surface area (Å²) in [5.41, 5.74) is 1.55. The number of anilines is 1. The monoisotopic (exact) mass is 218 g/mol. The van der Waals surface area contributed by atoms with Crippen molar-refractivity contribution in [3.05, 3.63) is 29.8 Å². The van der Waals surface area contributed by atoms with Crippen LogP contribution in [0.1, 0.15) is 18.4 Å². The average Bonchev–Trinajstić information content (AvgIpc) is 2.28. The van der Waals surface area contributed by atoms with Crippen LogP contribution in [0, 0.1) is 11.3 Å². The van der Waals surface area contributed by atoms with Crippen molar-refractivity contribution in [2.75, 3.05) is 18.5 Å². The minimum Gasteiger partial charge on any atom is -0.481 e. The molecule has 1 aromatic rings. The zero-order valence-electron chi connectivity index (χ0n) is 9.18. The van der Waals surface area contributed by atoms with Gasteiger partial charge in [0.2, 0.25) is 0 Å². The highest BCUT2D eigenvalue weighted by Gasteiger charge is 2.03. The third-order valence-electron chi connectivity index (χ3n) is 2.30. The molecular formula is C12H14N2O2. The fourth-order valence-electron chi connectivity index (χ4n) is 1.41.